The first-order valence-corrected chi connectivity index (χ1v) is 8.65. The lowest BCUT2D eigenvalue weighted by Crippen LogP contribution is -2.41. The fraction of sp³-hybridized carbons (Fsp3) is 0.389. The number of anilines is 3. The molecule has 0 radical (unpaired) electrons. The molecule has 1 aliphatic rings. The monoisotopic (exact) mass is 379 g/mol. The molecular formula is C18H20F3N5O. The first-order chi connectivity index (χ1) is 12.9. The standard InChI is InChI=1S/C18H20F3N5O/c19-18(20,21)12-24-14-6-1-2-7-15(14)25-16(27)13-5-3-10-26(11-13)17-22-8-4-9-23-17/h1-2,4,6-9,13,24H,3,5,10-12H2,(H,25,27)/t13-/m1/s1. The average molecular weight is 379 g/mol. The summed E-state index contributed by atoms with van der Waals surface area (Å²) < 4.78 is 37.4. The molecule has 0 spiro atoms. The molecule has 0 bridgehead atoms. The number of aromatic nitrogens is 2. The molecule has 1 aliphatic heterocycles. The van der Waals surface area contributed by atoms with Gasteiger partial charge in [-0.05, 0) is 31.0 Å². The first-order valence-electron chi connectivity index (χ1n) is 8.65. The predicted octanol–water partition coefficient (Wildman–Crippen LogP) is 3.31. The Morgan fingerprint density at radius 3 is 2.56 bits per heavy atom. The molecule has 1 atom stereocenters. The Labute approximate surface area is 154 Å². The van der Waals surface area contributed by atoms with Crippen LogP contribution in [0, 0.1) is 5.92 Å². The molecule has 9 heteroatoms. The van der Waals surface area contributed by atoms with Crippen LogP contribution in [0.2, 0.25) is 0 Å². The number of benzene rings is 1. The zero-order valence-electron chi connectivity index (χ0n) is 14.5. The van der Waals surface area contributed by atoms with Gasteiger partial charge in [0.15, 0.2) is 0 Å². The van der Waals surface area contributed by atoms with E-state index in [4.69, 9.17) is 0 Å². The Morgan fingerprint density at radius 2 is 1.85 bits per heavy atom. The first kappa shape index (κ1) is 18.9. The second-order valence-corrected chi connectivity index (χ2v) is 6.34. The van der Waals surface area contributed by atoms with Crippen molar-refractivity contribution in [2.45, 2.75) is 19.0 Å². The van der Waals surface area contributed by atoms with Crippen LogP contribution in [0.25, 0.3) is 0 Å². The maximum absolute atomic E-state index is 12.7. The van der Waals surface area contributed by atoms with Crippen LogP contribution in [0.3, 0.4) is 0 Å². The van der Waals surface area contributed by atoms with Gasteiger partial charge in [0.1, 0.15) is 6.54 Å². The highest BCUT2D eigenvalue weighted by molar-refractivity contribution is 5.96. The zero-order valence-corrected chi connectivity index (χ0v) is 14.5. The van der Waals surface area contributed by atoms with Gasteiger partial charge in [0.25, 0.3) is 0 Å². The number of carbonyl (C=O) groups excluding carboxylic acids is 1. The van der Waals surface area contributed by atoms with E-state index >= 15 is 0 Å². The summed E-state index contributed by atoms with van der Waals surface area (Å²) in [7, 11) is 0. The van der Waals surface area contributed by atoms with Crippen LogP contribution in [0.1, 0.15) is 12.8 Å². The highest BCUT2D eigenvalue weighted by atomic mass is 19.4. The molecule has 1 aromatic carbocycles. The number of hydrogen-bond acceptors (Lipinski definition) is 5. The van der Waals surface area contributed by atoms with Gasteiger partial charge in [-0.2, -0.15) is 13.2 Å². The highest BCUT2D eigenvalue weighted by Crippen LogP contribution is 2.26. The van der Waals surface area contributed by atoms with E-state index in [0.29, 0.717) is 24.6 Å². The number of halogens is 3. The van der Waals surface area contributed by atoms with Gasteiger partial charge in [-0.3, -0.25) is 4.79 Å². The van der Waals surface area contributed by atoms with E-state index in [1.165, 1.54) is 6.07 Å². The van der Waals surface area contributed by atoms with Crippen LogP contribution in [0.5, 0.6) is 0 Å². The maximum atomic E-state index is 12.7. The number of para-hydroxylation sites is 2. The summed E-state index contributed by atoms with van der Waals surface area (Å²) in [5.74, 6) is 0.0531. The fourth-order valence-corrected chi connectivity index (χ4v) is 3.00. The molecule has 2 heterocycles. The van der Waals surface area contributed by atoms with Gasteiger partial charge in [-0.25, -0.2) is 9.97 Å². The van der Waals surface area contributed by atoms with Crippen molar-refractivity contribution >= 4 is 23.2 Å². The Morgan fingerprint density at radius 1 is 1.15 bits per heavy atom. The third-order valence-corrected chi connectivity index (χ3v) is 4.29. The smallest absolute Gasteiger partial charge is 0.375 e. The number of nitrogens with one attached hydrogen (secondary N) is 2. The molecule has 144 valence electrons. The van der Waals surface area contributed by atoms with E-state index in [-0.39, 0.29) is 17.5 Å². The van der Waals surface area contributed by atoms with Crippen molar-refractivity contribution < 1.29 is 18.0 Å². The normalized spacial score (nSPS) is 17.4. The predicted molar refractivity (Wildman–Crippen MR) is 96.6 cm³/mol. The average Bonchev–Trinajstić information content (AvgIpc) is 2.67. The van der Waals surface area contributed by atoms with Crippen LogP contribution in [0.4, 0.5) is 30.5 Å². The van der Waals surface area contributed by atoms with Crippen molar-refractivity contribution in [2.24, 2.45) is 5.92 Å². The number of amides is 1. The van der Waals surface area contributed by atoms with Crippen LogP contribution in [0.15, 0.2) is 42.7 Å². The summed E-state index contributed by atoms with van der Waals surface area (Å²) in [5, 5.41) is 5.08. The number of piperidine rings is 1. The van der Waals surface area contributed by atoms with E-state index in [1.807, 2.05) is 4.90 Å². The van der Waals surface area contributed by atoms with Crippen LogP contribution in [-0.4, -0.2) is 41.7 Å². The van der Waals surface area contributed by atoms with Crippen molar-refractivity contribution in [2.75, 3.05) is 35.2 Å². The molecule has 3 rings (SSSR count). The van der Waals surface area contributed by atoms with Crippen LogP contribution >= 0.6 is 0 Å². The third kappa shape index (κ3) is 5.32. The molecule has 0 aliphatic carbocycles. The Kier molecular flexibility index (Phi) is 5.78. The minimum atomic E-state index is -4.34. The van der Waals surface area contributed by atoms with Crippen molar-refractivity contribution in [3.8, 4) is 0 Å². The lowest BCUT2D eigenvalue weighted by Gasteiger charge is -2.32. The SMILES string of the molecule is O=C(Nc1ccccc1NCC(F)(F)F)[C@@H]1CCCN(c2ncccn2)C1. The summed E-state index contributed by atoms with van der Waals surface area (Å²) in [6, 6.07) is 8.09. The van der Waals surface area contributed by atoms with Gasteiger partial charge in [0.2, 0.25) is 11.9 Å². The van der Waals surface area contributed by atoms with Crippen molar-refractivity contribution in [3.63, 3.8) is 0 Å². The number of alkyl halides is 3. The van der Waals surface area contributed by atoms with Crippen molar-refractivity contribution in [1.29, 1.82) is 0 Å². The van der Waals surface area contributed by atoms with Crippen LogP contribution in [-0.2, 0) is 4.79 Å². The summed E-state index contributed by atoms with van der Waals surface area (Å²) in [6.45, 7) is 0.0634. The molecular weight excluding hydrogens is 359 g/mol. The summed E-state index contributed by atoms with van der Waals surface area (Å²) >= 11 is 0. The van der Waals surface area contributed by atoms with Gasteiger partial charge in [-0.15, -0.1) is 0 Å². The number of rotatable bonds is 5. The number of hydrogen-bond donors (Lipinski definition) is 2. The van der Waals surface area contributed by atoms with E-state index in [9.17, 15) is 18.0 Å². The molecule has 27 heavy (non-hydrogen) atoms. The van der Waals surface area contributed by atoms with Gasteiger partial charge < -0.3 is 15.5 Å². The molecule has 1 saturated heterocycles. The number of nitrogens with zero attached hydrogens (tertiary/aromatic N) is 3. The topological polar surface area (TPSA) is 70.2 Å². The van der Waals surface area contributed by atoms with Crippen LogP contribution < -0.4 is 15.5 Å². The molecule has 1 fully saturated rings. The van der Waals surface area contributed by atoms with E-state index in [1.54, 1.807) is 36.7 Å². The van der Waals surface area contributed by atoms with Gasteiger partial charge in [0.05, 0.1) is 17.3 Å². The molecule has 0 saturated carbocycles. The molecule has 1 aromatic heterocycles. The van der Waals surface area contributed by atoms with Crippen molar-refractivity contribution in [3.05, 3.63) is 42.7 Å². The lowest BCUT2D eigenvalue weighted by atomic mass is 9.97. The van der Waals surface area contributed by atoms with Gasteiger partial charge in [0, 0.05) is 25.5 Å². The van der Waals surface area contributed by atoms with E-state index in [0.717, 1.165) is 13.0 Å². The minimum Gasteiger partial charge on any atom is -0.375 e. The molecule has 2 N–H and O–H groups in total. The molecule has 6 nitrogen and oxygen atoms in total. The Bertz CT molecular complexity index is 769. The molecule has 1 amide bonds. The van der Waals surface area contributed by atoms with Gasteiger partial charge >= 0.3 is 6.18 Å². The highest BCUT2D eigenvalue weighted by Gasteiger charge is 2.29. The second kappa shape index (κ2) is 8.24. The fourth-order valence-electron chi connectivity index (χ4n) is 3.00. The largest absolute Gasteiger partial charge is 0.405 e. The zero-order chi connectivity index (χ0) is 19.3. The van der Waals surface area contributed by atoms with E-state index in [2.05, 4.69) is 20.6 Å². The van der Waals surface area contributed by atoms with Crippen molar-refractivity contribution in [1.82, 2.24) is 9.97 Å². The Balaban J connectivity index is 1.65. The molecule has 2 aromatic rings. The van der Waals surface area contributed by atoms with Gasteiger partial charge in [-0.1, -0.05) is 12.1 Å². The maximum Gasteiger partial charge on any atom is 0.405 e. The minimum absolute atomic E-state index is 0.225. The number of carbonyl (C=O) groups is 1. The quantitative estimate of drug-likeness (QED) is 0.834. The molecule has 0 unspecified atom stereocenters. The third-order valence-electron chi connectivity index (χ3n) is 4.29. The lowest BCUT2D eigenvalue weighted by molar-refractivity contribution is -0.120. The summed E-state index contributed by atoms with van der Waals surface area (Å²) in [4.78, 5) is 23.0. The Hall–Kier alpha value is -2.84. The van der Waals surface area contributed by atoms with E-state index < -0.39 is 12.7 Å². The summed E-state index contributed by atoms with van der Waals surface area (Å²) in [5.41, 5.74) is 0.571. The summed E-state index contributed by atoms with van der Waals surface area (Å²) in [6.07, 6.45) is 0.470. The second-order valence-electron chi connectivity index (χ2n) is 6.34.